The van der Waals surface area contributed by atoms with Crippen molar-refractivity contribution in [2.75, 3.05) is 26.2 Å². The van der Waals surface area contributed by atoms with Gasteiger partial charge in [0.15, 0.2) is 0 Å². The number of piperazine rings is 1. The number of aromatic nitrogens is 1. The van der Waals surface area contributed by atoms with Crippen LogP contribution in [-0.4, -0.2) is 46.9 Å². The van der Waals surface area contributed by atoms with Gasteiger partial charge >= 0.3 is 0 Å². The molecule has 3 aromatic rings. The smallest absolute Gasteiger partial charge is 0.228 e. The molecule has 0 spiro atoms. The molecule has 0 bridgehead atoms. The van der Waals surface area contributed by atoms with Gasteiger partial charge in [-0.1, -0.05) is 41.4 Å². The Labute approximate surface area is 195 Å². The maximum atomic E-state index is 12.8. The van der Waals surface area contributed by atoms with Crippen LogP contribution in [0, 0.1) is 11.3 Å². The van der Waals surface area contributed by atoms with Gasteiger partial charge in [-0.15, -0.1) is 11.3 Å². The van der Waals surface area contributed by atoms with Crippen LogP contribution in [0.4, 0.5) is 0 Å². The molecule has 158 valence electrons. The number of nitrogens with zero attached hydrogens (tertiary/aromatic N) is 4. The maximum Gasteiger partial charge on any atom is 0.228 e. The highest BCUT2D eigenvalue weighted by Crippen LogP contribution is 2.36. The van der Waals surface area contributed by atoms with E-state index in [4.69, 9.17) is 28.5 Å². The van der Waals surface area contributed by atoms with Crippen molar-refractivity contribution in [1.29, 1.82) is 5.26 Å². The van der Waals surface area contributed by atoms with Crippen LogP contribution in [0.3, 0.4) is 0 Å². The maximum absolute atomic E-state index is 12.8. The van der Waals surface area contributed by atoms with Gasteiger partial charge in [0, 0.05) is 43.7 Å². The van der Waals surface area contributed by atoms with Crippen molar-refractivity contribution in [2.45, 2.75) is 13.0 Å². The van der Waals surface area contributed by atoms with Crippen molar-refractivity contribution in [3.05, 3.63) is 74.7 Å². The first-order valence-corrected chi connectivity index (χ1v) is 11.5. The Bertz CT molecular complexity index is 1100. The summed E-state index contributed by atoms with van der Waals surface area (Å²) in [6.45, 7) is 3.86. The fourth-order valence-electron chi connectivity index (χ4n) is 3.57. The molecule has 0 atom stereocenters. The number of carbonyl (C=O) groups is 1. The van der Waals surface area contributed by atoms with Crippen molar-refractivity contribution in [3.63, 3.8) is 0 Å². The molecule has 1 aliphatic rings. The third-order valence-corrected chi connectivity index (χ3v) is 6.81. The molecule has 8 heteroatoms. The first-order chi connectivity index (χ1) is 15.0. The number of benzene rings is 2. The number of hydrogen-bond acceptors (Lipinski definition) is 5. The lowest BCUT2D eigenvalue weighted by Crippen LogP contribution is -2.48. The van der Waals surface area contributed by atoms with E-state index in [1.807, 2.05) is 34.5 Å². The first kappa shape index (κ1) is 21.8. The predicted molar refractivity (Wildman–Crippen MR) is 124 cm³/mol. The summed E-state index contributed by atoms with van der Waals surface area (Å²) < 4.78 is 0. The minimum Gasteiger partial charge on any atom is -0.340 e. The van der Waals surface area contributed by atoms with Crippen molar-refractivity contribution in [1.82, 2.24) is 14.8 Å². The van der Waals surface area contributed by atoms with E-state index in [1.54, 1.807) is 18.2 Å². The molecule has 2 aromatic carbocycles. The van der Waals surface area contributed by atoms with Crippen LogP contribution in [0.25, 0.3) is 10.6 Å². The zero-order chi connectivity index (χ0) is 21.8. The lowest BCUT2D eigenvalue weighted by atomic mass is 10.1. The molecule has 0 saturated carbocycles. The van der Waals surface area contributed by atoms with Gasteiger partial charge in [-0.25, -0.2) is 4.98 Å². The second kappa shape index (κ2) is 9.80. The normalized spacial score (nSPS) is 14.4. The molecule has 1 fully saturated rings. The van der Waals surface area contributed by atoms with Crippen molar-refractivity contribution in [2.24, 2.45) is 0 Å². The minimum atomic E-state index is 0.0835. The SMILES string of the molecule is N#Cc1ccc(CN2CCN(C(=O)Cc3csc(-c4c(Cl)cccc4Cl)n3)CC2)cc1. The number of hydrogen-bond donors (Lipinski definition) is 0. The third-order valence-electron chi connectivity index (χ3n) is 5.27. The molecule has 1 aliphatic heterocycles. The standard InChI is InChI=1S/C23H20Cl2N4OS/c24-19-2-1-3-20(25)22(19)23-27-18(15-31-23)12-21(30)29-10-8-28(9-11-29)14-17-6-4-16(13-26)5-7-17/h1-7,15H,8-12,14H2. The Morgan fingerprint density at radius 3 is 2.39 bits per heavy atom. The number of amides is 1. The monoisotopic (exact) mass is 470 g/mol. The number of carbonyl (C=O) groups excluding carboxylic acids is 1. The Kier molecular flexibility index (Phi) is 6.89. The molecule has 1 amide bonds. The molecule has 31 heavy (non-hydrogen) atoms. The number of halogens is 2. The highest BCUT2D eigenvalue weighted by atomic mass is 35.5. The Morgan fingerprint density at radius 2 is 1.74 bits per heavy atom. The van der Waals surface area contributed by atoms with Crippen molar-refractivity contribution < 1.29 is 4.79 Å². The molecule has 0 unspecified atom stereocenters. The molecule has 1 aromatic heterocycles. The average Bonchev–Trinajstić information content (AvgIpc) is 3.22. The minimum absolute atomic E-state index is 0.0835. The highest BCUT2D eigenvalue weighted by Gasteiger charge is 2.22. The Morgan fingerprint density at radius 1 is 1.06 bits per heavy atom. The summed E-state index contributed by atoms with van der Waals surface area (Å²) in [5, 5.41) is 12.6. The molecule has 4 rings (SSSR count). The summed E-state index contributed by atoms with van der Waals surface area (Å²) in [6.07, 6.45) is 0.272. The van der Waals surface area contributed by atoms with E-state index < -0.39 is 0 Å². The second-order valence-corrected chi connectivity index (χ2v) is 9.06. The van der Waals surface area contributed by atoms with E-state index in [9.17, 15) is 4.79 Å². The van der Waals surface area contributed by atoms with Gasteiger partial charge in [-0.05, 0) is 29.8 Å². The van der Waals surface area contributed by atoms with E-state index in [-0.39, 0.29) is 12.3 Å². The van der Waals surface area contributed by atoms with Crippen LogP contribution >= 0.6 is 34.5 Å². The lowest BCUT2D eigenvalue weighted by molar-refractivity contribution is -0.132. The number of rotatable bonds is 5. The first-order valence-electron chi connectivity index (χ1n) is 9.91. The fraction of sp³-hybridized carbons (Fsp3) is 0.261. The zero-order valence-electron chi connectivity index (χ0n) is 16.7. The molecule has 2 heterocycles. The van der Waals surface area contributed by atoms with E-state index >= 15 is 0 Å². The predicted octanol–water partition coefficient (Wildman–Crippen LogP) is 4.88. The molecular formula is C23H20Cl2N4OS. The molecular weight excluding hydrogens is 451 g/mol. The van der Waals surface area contributed by atoms with E-state index in [0.29, 0.717) is 34.3 Å². The summed E-state index contributed by atoms with van der Waals surface area (Å²) in [7, 11) is 0. The van der Waals surface area contributed by atoms with Crippen LogP contribution in [0.5, 0.6) is 0 Å². The highest BCUT2D eigenvalue weighted by molar-refractivity contribution is 7.13. The third kappa shape index (κ3) is 5.25. The van der Waals surface area contributed by atoms with Gasteiger partial charge in [0.05, 0.1) is 33.8 Å². The van der Waals surface area contributed by atoms with Crippen LogP contribution in [0.15, 0.2) is 47.8 Å². The largest absolute Gasteiger partial charge is 0.340 e. The summed E-state index contributed by atoms with van der Waals surface area (Å²) in [5.41, 5.74) is 3.29. The van der Waals surface area contributed by atoms with Gasteiger partial charge in [-0.3, -0.25) is 9.69 Å². The Balaban J connectivity index is 1.31. The lowest BCUT2D eigenvalue weighted by Gasteiger charge is -2.34. The quantitative estimate of drug-likeness (QED) is 0.533. The second-order valence-electron chi connectivity index (χ2n) is 7.38. The summed E-state index contributed by atoms with van der Waals surface area (Å²) in [6, 6.07) is 15.2. The summed E-state index contributed by atoms with van der Waals surface area (Å²) >= 11 is 14.0. The zero-order valence-corrected chi connectivity index (χ0v) is 19.1. The number of thiazole rings is 1. The molecule has 0 radical (unpaired) electrons. The molecule has 0 N–H and O–H groups in total. The fourth-order valence-corrected chi connectivity index (χ4v) is 5.15. The average molecular weight is 471 g/mol. The van der Waals surface area contributed by atoms with E-state index in [2.05, 4.69) is 16.0 Å². The summed E-state index contributed by atoms with van der Waals surface area (Å²) in [4.78, 5) is 21.6. The van der Waals surface area contributed by atoms with Crippen molar-refractivity contribution in [3.8, 4) is 16.6 Å². The topological polar surface area (TPSA) is 60.2 Å². The van der Waals surface area contributed by atoms with Gasteiger partial charge in [0.2, 0.25) is 5.91 Å². The van der Waals surface area contributed by atoms with Gasteiger partial charge in [0.25, 0.3) is 0 Å². The van der Waals surface area contributed by atoms with Crippen molar-refractivity contribution >= 4 is 40.4 Å². The van der Waals surface area contributed by atoms with Gasteiger partial charge in [0.1, 0.15) is 5.01 Å². The van der Waals surface area contributed by atoms with Crippen LogP contribution < -0.4 is 0 Å². The summed E-state index contributed by atoms with van der Waals surface area (Å²) in [5.74, 6) is 0.0835. The van der Waals surface area contributed by atoms with E-state index in [0.717, 1.165) is 30.3 Å². The molecule has 1 saturated heterocycles. The van der Waals surface area contributed by atoms with Gasteiger partial charge in [-0.2, -0.15) is 5.26 Å². The van der Waals surface area contributed by atoms with Gasteiger partial charge < -0.3 is 4.90 Å². The van der Waals surface area contributed by atoms with Crippen LogP contribution in [0.1, 0.15) is 16.8 Å². The molecule has 5 nitrogen and oxygen atoms in total. The molecule has 0 aliphatic carbocycles. The number of nitriles is 1. The van der Waals surface area contributed by atoms with Crippen LogP contribution in [0.2, 0.25) is 10.0 Å². The Hall–Kier alpha value is -2.43. The van der Waals surface area contributed by atoms with E-state index in [1.165, 1.54) is 16.9 Å². The van der Waals surface area contributed by atoms with Crippen LogP contribution in [-0.2, 0) is 17.8 Å².